The van der Waals surface area contributed by atoms with Crippen molar-refractivity contribution in [3.8, 4) is 11.4 Å². The summed E-state index contributed by atoms with van der Waals surface area (Å²) in [6.07, 6.45) is 0. The maximum absolute atomic E-state index is 12.6. The summed E-state index contributed by atoms with van der Waals surface area (Å²) in [5.74, 6) is 0.790. The SMILES string of the molecule is C[Si](C)(C)Oc1cc2c(=O)[nH]n(-c3ccccc3)c2c2ccccc12. The van der Waals surface area contributed by atoms with E-state index in [1.165, 1.54) is 0 Å². The van der Waals surface area contributed by atoms with Crippen LogP contribution in [0.3, 0.4) is 0 Å². The zero-order valence-electron chi connectivity index (χ0n) is 14.5. The summed E-state index contributed by atoms with van der Waals surface area (Å²) in [4.78, 5) is 12.6. The summed E-state index contributed by atoms with van der Waals surface area (Å²) in [6, 6.07) is 19.8. The molecule has 0 aliphatic rings. The van der Waals surface area contributed by atoms with Crippen LogP contribution in [0, 0.1) is 0 Å². The van der Waals surface area contributed by atoms with Crippen molar-refractivity contribution in [1.29, 1.82) is 0 Å². The minimum absolute atomic E-state index is 0.106. The largest absolute Gasteiger partial charge is 0.544 e. The van der Waals surface area contributed by atoms with E-state index in [9.17, 15) is 4.79 Å². The number of benzene rings is 3. The van der Waals surface area contributed by atoms with E-state index in [1.807, 2.05) is 59.3 Å². The number of nitrogens with zero attached hydrogens (tertiary/aromatic N) is 1. The molecule has 0 fully saturated rings. The molecule has 5 heteroatoms. The molecule has 0 atom stereocenters. The summed E-state index contributed by atoms with van der Waals surface area (Å²) in [5, 5.41) is 5.66. The molecule has 0 unspecified atom stereocenters. The van der Waals surface area contributed by atoms with E-state index in [4.69, 9.17) is 4.43 Å². The summed E-state index contributed by atoms with van der Waals surface area (Å²) >= 11 is 0. The third-order valence-corrected chi connectivity index (χ3v) is 4.92. The first-order valence-electron chi connectivity index (χ1n) is 8.35. The molecule has 25 heavy (non-hydrogen) atoms. The van der Waals surface area contributed by atoms with E-state index in [-0.39, 0.29) is 5.56 Å². The molecule has 0 aliphatic carbocycles. The van der Waals surface area contributed by atoms with Crippen LogP contribution >= 0.6 is 0 Å². The van der Waals surface area contributed by atoms with Gasteiger partial charge in [0.15, 0.2) is 0 Å². The van der Waals surface area contributed by atoms with Crippen LogP contribution in [0.1, 0.15) is 0 Å². The van der Waals surface area contributed by atoms with Gasteiger partial charge in [-0.05, 0) is 37.8 Å². The quantitative estimate of drug-likeness (QED) is 0.546. The standard InChI is InChI=1S/C20H20N2O2Si/c1-25(2,3)24-18-13-17-19(16-12-8-7-11-15(16)18)22(21-20(17)23)14-9-5-4-6-10-14/h4-13H,1-3H3,(H,21,23). The first-order valence-corrected chi connectivity index (χ1v) is 11.8. The van der Waals surface area contributed by atoms with Crippen LogP contribution in [0.5, 0.6) is 5.75 Å². The average Bonchev–Trinajstić information content (AvgIpc) is 2.92. The van der Waals surface area contributed by atoms with Crippen LogP contribution in [0.15, 0.2) is 65.5 Å². The Morgan fingerprint density at radius 2 is 1.52 bits per heavy atom. The molecule has 126 valence electrons. The van der Waals surface area contributed by atoms with Crippen molar-refractivity contribution in [2.24, 2.45) is 0 Å². The maximum Gasteiger partial charge on any atom is 0.272 e. The van der Waals surface area contributed by atoms with Gasteiger partial charge in [0.05, 0.1) is 16.6 Å². The van der Waals surface area contributed by atoms with E-state index >= 15 is 0 Å². The third-order valence-electron chi connectivity index (χ3n) is 4.09. The number of fused-ring (bicyclic) bond motifs is 3. The Kier molecular flexibility index (Phi) is 3.54. The Hall–Kier alpha value is -2.79. The fourth-order valence-corrected chi connectivity index (χ4v) is 3.97. The molecule has 0 aliphatic heterocycles. The van der Waals surface area contributed by atoms with Gasteiger partial charge in [0.2, 0.25) is 8.32 Å². The van der Waals surface area contributed by atoms with E-state index in [0.717, 1.165) is 27.7 Å². The second-order valence-electron chi connectivity index (χ2n) is 7.14. The van der Waals surface area contributed by atoms with Crippen LogP contribution < -0.4 is 9.99 Å². The van der Waals surface area contributed by atoms with Gasteiger partial charge in [-0.3, -0.25) is 14.6 Å². The predicted molar refractivity (Wildman–Crippen MR) is 105 cm³/mol. The lowest BCUT2D eigenvalue weighted by atomic mass is 10.1. The number of aromatic amines is 1. The van der Waals surface area contributed by atoms with E-state index in [0.29, 0.717) is 5.39 Å². The van der Waals surface area contributed by atoms with Crippen molar-refractivity contribution in [3.63, 3.8) is 0 Å². The van der Waals surface area contributed by atoms with Crippen LogP contribution in [-0.4, -0.2) is 18.1 Å². The molecule has 4 nitrogen and oxygen atoms in total. The zero-order chi connectivity index (χ0) is 17.6. The number of nitrogens with one attached hydrogen (secondary N) is 1. The third kappa shape index (κ3) is 2.76. The summed E-state index contributed by atoms with van der Waals surface area (Å²) in [5.41, 5.74) is 1.71. The molecule has 1 aromatic heterocycles. The fraction of sp³-hybridized carbons (Fsp3) is 0.150. The Morgan fingerprint density at radius 1 is 0.880 bits per heavy atom. The van der Waals surface area contributed by atoms with Crippen molar-refractivity contribution < 1.29 is 4.43 Å². The minimum atomic E-state index is -1.80. The molecule has 1 N–H and O–H groups in total. The normalized spacial score (nSPS) is 12.0. The van der Waals surface area contributed by atoms with Gasteiger partial charge in [0.1, 0.15) is 5.75 Å². The summed E-state index contributed by atoms with van der Waals surface area (Å²) < 4.78 is 8.13. The van der Waals surface area contributed by atoms with Gasteiger partial charge in [-0.1, -0.05) is 42.5 Å². The van der Waals surface area contributed by atoms with Gasteiger partial charge in [-0.25, -0.2) is 0 Å². The number of hydrogen-bond donors (Lipinski definition) is 1. The minimum Gasteiger partial charge on any atom is -0.544 e. The Morgan fingerprint density at radius 3 is 2.20 bits per heavy atom. The van der Waals surface area contributed by atoms with E-state index in [2.05, 4.69) is 30.8 Å². The second kappa shape index (κ2) is 5.63. The molecule has 0 bridgehead atoms. The van der Waals surface area contributed by atoms with Gasteiger partial charge >= 0.3 is 0 Å². The highest BCUT2D eigenvalue weighted by atomic mass is 28.4. The Balaban J connectivity index is 2.11. The predicted octanol–water partition coefficient (Wildman–Crippen LogP) is 4.69. The molecule has 0 radical (unpaired) electrons. The van der Waals surface area contributed by atoms with Crippen molar-refractivity contribution in [2.45, 2.75) is 19.6 Å². The monoisotopic (exact) mass is 348 g/mol. The van der Waals surface area contributed by atoms with Crippen LogP contribution in [0.2, 0.25) is 19.6 Å². The van der Waals surface area contributed by atoms with Crippen LogP contribution in [0.25, 0.3) is 27.4 Å². The molecule has 0 saturated carbocycles. The van der Waals surface area contributed by atoms with Gasteiger partial charge in [-0.2, -0.15) is 0 Å². The van der Waals surface area contributed by atoms with Gasteiger partial charge in [-0.15, -0.1) is 0 Å². The number of rotatable bonds is 3. The number of aromatic nitrogens is 2. The smallest absolute Gasteiger partial charge is 0.272 e. The highest BCUT2D eigenvalue weighted by molar-refractivity contribution is 6.70. The molecular weight excluding hydrogens is 328 g/mol. The van der Waals surface area contributed by atoms with Crippen molar-refractivity contribution in [3.05, 3.63) is 71.0 Å². The van der Waals surface area contributed by atoms with E-state index < -0.39 is 8.32 Å². The number of para-hydroxylation sites is 1. The lowest BCUT2D eigenvalue weighted by molar-refractivity contribution is 0.565. The highest BCUT2D eigenvalue weighted by Gasteiger charge is 2.21. The maximum atomic E-state index is 12.6. The van der Waals surface area contributed by atoms with Crippen LogP contribution in [-0.2, 0) is 0 Å². The average molecular weight is 348 g/mol. The van der Waals surface area contributed by atoms with Crippen molar-refractivity contribution in [2.75, 3.05) is 0 Å². The van der Waals surface area contributed by atoms with Crippen LogP contribution in [0.4, 0.5) is 0 Å². The van der Waals surface area contributed by atoms with Gasteiger partial charge in [0, 0.05) is 10.8 Å². The molecule has 3 aromatic carbocycles. The number of H-pyrrole nitrogens is 1. The van der Waals surface area contributed by atoms with Gasteiger partial charge < -0.3 is 4.43 Å². The molecule has 4 rings (SSSR count). The molecule has 0 saturated heterocycles. The summed E-state index contributed by atoms with van der Waals surface area (Å²) in [6.45, 7) is 6.43. The first kappa shape index (κ1) is 15.7. The van der Waals surface area contributed by atoms with Crippen molar-refractivity contribution in [1.82, 2.24) is 9.78 Å². The molecule has 0 amide bonds. The molecule has 4 aromatic rings. The first-order chi connectivity index (χ1) is 11.9. The summed E-state index contributed by atoms with van der Waals surface area (Å²) in [7, 11) is -1.80. The highest BCUT2D eigenvalue weighted by Crippen LogP contribution is 2.34. The topological polar surface area (TPSA) is 47.0 Å². The van der Waals surface area contributed by atoms with Crippen molar-refractivity contribution >= 4 is 30.0 Å². The fourth-order valence-electron chi connectivity index (χ4n) is 3.14. The molecule has 1 heterocycles. The van der Waals surface area contributed by atoms with Gasteiger partial charge in [0.25, 0.3) is 5.56 Å². The molecule has 0 spiro atoms. The lowest BCUT2D eigenvalue weighted by Gasteiger charge is -2.21. The Bertz CT molecular complexity index is 1120. The lowest BCUT2D eigenvalue weighted by Crippen LogP contribution is -2.29. The Labute approximate surface area is 146 Å². The van der Waals surface area contributed by atoms with E-state index in [1.54, 1.807) is 0 Å². The number of hydrogen-bond acceptors (Lipinski definition) is 2. The molecular formula is C20H20N2O2Si. The second-order valence-corrected chi connectivity index (χ2v) is 11.6. The zero-order valence-corrected chi connectivity index (χ0v) is 15.5.